The standard InChI is InChI=1S/C18H28O2/c1-3-4-15-7-9-16(10-8-15)18(19)13-20-17-11-5-14(2)6-12-17/h7-10,14,17-19H,3-6,11-13H2,1-2H3. The third-order valence-electron chi connectivity index (χ3n) is 4.36. The SMILES string of the molecule is CCCc1ccc(C(O)COC2CCC(C)CC2)cc1. The van der Waals surface area contributed by atoms with Crippen molar-refractivity contribution in [1.29, 1.82) is 0 Å². The Hall–Kier alpha value is -0.860. The van der Waals surface area contributed by atoms with E-state index in [9.17, 15) is 5.11 Å². The summed E-state index contributed by atoms with van der Waals surface area (Å²) in [6, 6.07) is 8.29. The van der Waals surface area contributed by atoms with E-state index < -0.39 is 6.10 Å². The summed E-state index contributed by atoms with van der Waals surface area (Å²) in [6.45, 7) is 4.91. The first-order chi connectivity index (χ1) is 9.69. The molecule has 1 aliphatic carbocycles. The van der Waals surface area contributed by atoms with Gasteiger partial charge < -0.3 is 9.84 Å². The highest BCUT2D eigenvalue weighted by Gasteiger charge is 2.19. The first kappa shape index (κ1) is 15.5. The topological polar surface area (TPSA) is 29.5 Å². The number of aliphatic hydroxyl groups is 1. The summed E-state index contributed by atoms with van der Waals surface area (Å²) in [5, 5.41) is 10.2. The van der Waals surface area contributed by atoms with Gasteiger partial charge in [0, 0.05) is 0 Å². The Kier molecular flexibility index (Phi) is 6.06. The second-order valence-electron chi connectivity index (χ2n) is 6.22. The molecule has 1 unspecified atom stereocenters. The third-order valence-corrected chi connectivity index (χ3v) is 4.36. The van der Waals surface area contributed by atoms with E-state index in [1.54, 1.807) is 0 Å². The smallest absolute Gasteiger partial charge is 0.102 e. The van der Waals surface area contributed by atoms with Crippen molar-refractivity contribution < 1.29 is 9.84 Å². The van der Waals surface area contributed by atoms with E-state index in [0.29, 0.717) is 12.7 Å². The van der Waals surface area contributed by atoms with E-state index in [1.165, 1.54) is 18.4 Å². The monoisotopic (exact) mass is 276 g/mol. The van der Waals surface area contributed by atoms with Crippen LogP contribution in [0.15, 0.2) is 24.3 Å². The number of aliphatic hydroxyl groups excluding tert-OH is 1. The zero-order valence-electron chi connectivity index (χ0n) is 12.8. The van der Waals surface area contributed by atoms with Crippen molar-refractivity contribution in [2.75, 3.05) is 6.61 Å². The highest BCUT2D eigenvalue weighted by molar-refractivity contribution is 5.24. The first-order valence-corrected chi connectivity index (χ1v) is 8.07. The lowest BCUT2D eigenvalue weighted by atomic mass is 9.89. The molecule has 0 radical (unpaired) electrons. The summed E-state index contributed by atoms with van der Waals surface area (Å²) in [4.78, 5) is 0. The lowest BCUT2D eigenvalue weighted by Gasteiger charge is -2.27. The van der Waals surface area contributed by atoms with E-state index >= 15 is 0 Å². The zero-order chi connectivity index (χ0) is 14.4. The molecule has 1 N–H and O–H groups in total. The molecule has 0 spiro atoms. The number of ether oxygens (including phenoxy) is 1. The number of aryl methyl sites for hydroxylation is 1. The Morgan fingerprint density at radius 2 is 1.80 bits per heavy atom. The molecule has 0 saturated heterocycles. The molecule has 2 heteroatoms. The van der Waals surface area contributed by atoms with Gasteiger partial charge in [0.1, 0.15) is 6.10 Å². The minimum atomic E-state index is -0.495. The van der Waals surface area contributed by atoms with Crippen LogP contribution < -0.4 is 0 Å². The molecule has 0 amide bonds. The summed E-state index contributed by atoms with van der Waals surface area (Å²) < 4.78 is 5.88. The predicted molar refractivity (Wildman–Crippen MR) is 82.8 cm³/mol. The normalized spacial score (nSPS) is 24.6. The lowest BCUT2D eigenvalue weighted by molar-refractivity contribution is -0.0294. The van der Waals surface area contributed by atoms with Gasteiger partial charge in [0.05, 0.1) is 12.7 Å². The van der Waals surface area contributed by atoms with Crippen molar-refractivity contribution in [3.05, 3.63) is 35.4 Å². The molecule has 0 bridgehead atoms. The Labute approximate surface area is 123 Å². The number of rotatable bonds is 6. The molecule has 0 aromatic heterocycles. The van der Waals surface area contributed by atoms with Crippen LogP contribution in [0.2, 0.25) is 0 Å². The molecule has 2 rings (SSSR count). The molecule has 1 saturated carbocycles. The van der Waals surface area contributed by atoms with Crippen LogP contribution in [0.3, 0.4) is 0 Å². The highest BCUT2D eigenvalue weighted by Crippen LogP contribution is 2.26. The molecule has 1 aromatic carbocycles. The van der Waals surface area contributed by atoms with E-state index in [0.717, 1.165) is 37.2 Å². The fourth-order valence-corrected chi connectivity index (χ4v) is 2.91. The fourth-order valence-electron chi connectivity index (χ4n) is 2.91. The van der Waals surface area contributed by atoms with Gasteiger partial charge in [-0.05, 0) is 49.1 Å². The molecule has 20 heavy (non-hydrogen) atoms. The van der Waals surface area contributed by atoms with Crippen LogP contribution in [0.5, 0.6) is 0 Å². The lowest BCUT2D eigenvalue weighted by Crippen LogP contribution is -2.22. The molecular weight excluding hydrogens is 248 g/mol. The second-order valence-corrected chi connectivity index (χ2v) is 6.22. The van der Waals surface area contributed by atoms with Gasteiger partial charge in [-0.3, -0.25) is 0 Å². The summed E-state index contributed by atoms with van der Waals surface area (Å²) in [5.74, 6) is 0.839. The molecule has 1 atom stereocenters. The Morgan fingerprint density at radius 3 is 2.40 bits per heavy atom. The van der Waals surface area contributed by atoms with Gasteiger partial charge in [-0.15, -0.1) is 0 Å². The van der Waals surface area contributed by atoms with Crippen LogP contribution in [0, 0.1) is 5.92 Å². The highest BCUT2D eigenvalue weighted by atomic mass is 16.5. The molecule has 0 heterocycles. The molecule has 112 valence electrons. The van der Waals surface area contributed by atoms with Gasteiger partial charge in [-0.1, -0.05) is 44.5 Å². The van der Waals surface area contributed by atoms with Crippen LogP contribution in [-0.4, -0.2) is 17.8 Å². The van der Waals surface area contributed by atoms with Crippen molar-refractivity contribution in [2.24, 2.45) is 5.92 Å². The quantitative estimate of drug-likeness (QED) is 0.841. The average Bonchev–Trinajstić information content (AvgIpc) is 2.47. The Bertz CT molecular complexity index is 377. The minimum Gasteiger partial charge on any atom is -0.386 e. The van der Waals surface area contributed by atoms with E-state index in [4.69, 9.17) is 4.74 Å². The summed E-state index contributed by atoms with van der Waals surface area (Å²) >= 11 is 0. The van der Waals surface area contributed by atoms with E-state index in [2.05, 4.69) is 26.0 Å². The summed E-state index contributed by atoms with van der Waals surface area (Å²) in [5.41, 5.74) is 2.31. The first-order valence-electron chi connectivity index (χ1n) is 8.07. The summed E-state index contributed by atoms with van der Waals surface area (Å²) in [7, 11) is 0. The number of benzene rings is 1. The molecule has 0 aliphatic heterocycles. The maximum absolute atomic E-state index is 10.2. The van der Waals surface area contributed by atoms with Crippen molar-refractivity contribution in [3.8, 4) is 0 Å². The molecule has 1 aliphatic rings. The van der Waals surface area contributed by atoms with Crippen molar-refractivity contribution >= 4 is 0 Å². The molecule has 1 aromatic rings. The molecule has 1 fully saturated rings. The maximum atomic E-state index is 10.2. The van der Waals surface area contributed by atoms with Crippen LogP contribution in [0.1, 0.15) is 63.2 Å². The van der Waals surface area contributed by atoms with Crippen molar-refractivity contribution in [3.63, 3.8) is 0 Å². The number of hydrogen-bond donors (Lipinski definition) is 1. The Morgan fingerprint density at radius 1 is 1.15 bits per heavy atom. The average molecular weight is 276 g/mol. The van der Waals surface area contributed by atoms with Gasteiger partial charge in [-0.25, -0.2) is 0 Å². The predicted octanol–water partition coefficient (Wildman–Crippen LogP) is 4.27. The minimum absolute atomic E-state index is 0.347. The van der Waals surface area contributed by atoms with Gasteiger partial charge >= 0.3 is 0 Å². The van der Waals surface area contributed by atoms with Gasteiger partial charge in [-0.2, -0.15) is 0 Å². The largest absolute Gasteiger partial charge is 0.386 e. The fraction of sp³-hybridized carbons (Fsp3) is 0.667. The Balaban J connectivity index is 1.77. The zero-order valence-corrected chi connectivity index (χ0v) is 12.8. The number of hydrogen-bond acceptors (Lipinski definition) is 2. The van der Waals surface area contributed by atoms with Crippen LogP contribution >= 0.6 is 0 Å². The van der Waals surface area contributed by atoms with Gasteiger partial charge in [0.2, 0.25) is 0 Å². The van der Waals surface area contributed by atoms with Crippen LogP contribution in [0.25, 0.3) is 0 Å². The van der Waals surface area contributed by atoms with Gasteiger partial charge in [0.15, 0.2) is 0 Å². The van der Waals surface area contributed by atoms with E-state index in [-0.39, 0.29) is 0 Å². The van der Waals surface area contributed by atoms with Crippen molar-refractivity contribution in [2.45, 2.75) is 64.6 Å². The summed E-state index contributed by atoms with van der Waals surface area (Å²) in [6.07, 6.45) is 6.91. The van der Waals surface area contributed by atoms with Crippen molar-refractivity contribution in [1.82, 2.24) is 0 Å². The van der Waals surface area contributed by atoms with E-state index in [1.807, 2.05) is 12.1 Å². The molecule has 2 nitrogen and oxygen atoms in total. The van der Waals surface area contributed by atoms with Crippen LogP contribution in [0.4, 0.5) is 0 Å². The maximum Gasteiger partial charge on any atom is 0.102 e. The van der Waals surface area contributed by atoms with Crippen LogP contribution in [-0.2, 0) is 11.2 Å². The van der Waals surface area contributed by atoms with Gasteiger partial charge in [0.25, 0.3) is 0 Å². The third kappa shape index (κ3) is 4.60. The second kappa shape index (κ2) is 7.80. The molecular formula is C18H28O2.